The molecular formula is C21H24N2O2. The number of carbonyl (C=O) groups excluding carboxylic acids is 2. The van der Waals surface area contributed by atoms with Gasteiger partial charge in [-0.1, -0.05) is 48.0 Å². The molecular weight excluding hydrogens is 312 g/mol. The maximum Gasteiger partial charge on any atom is 0.246 e. The Morgan fingerprint density at radius 2 is 1.60 bits per heavy atom. The van der Waals surface area contributed by atoms with Crippen molar-refractivity contribution in [2.45, 2.75) is 20.8 Å². The number of benzene rings is 2. The second kappa shape index (κ2) is 8.29. The molecule has 4 heteroatoms. The van der Waals surface area contributed by atoms with Crippen molar-refractivity contribution in [2.75, 3.05) is 18.9 Å². The van der Waals surface area contributed by atoms with Crippen molar-refractivity contribution in [3.63, 3.8) is 0 Å². The Morgan fingerprint density at radius 1 is 1.00 bits per heavy atom. The first-order chi connectivity index (χ1) is 11.9. The van der Waals surface area contributed by atoms with E-state index in [0.29, 0.717) is 0 Å². The van der Waals surface area contributed by atoms with E-state index >= 15 is 0 Å². The van der Waals surface area contributed by atoms with Gasteiger partial charge in [0.1, 0.15) is 0 Å². The Morgan fingerprint density at radius 3 is 2.20 bits per heavy atom. The van der Waals surface area contributed by atoms with Gasteiger partial charge in [-0.15, -0.1) is 0 Å². The van der Waals surface area contributed by atoms with Crippen LogP contribution in [0.5, 0.6) is 0 Å². The van der Waals surface area contributed by atoms with Crippen molar-refractivity contribution in [1.82, 2.24) is 4.90 Å². The van der Waals surface area contributed by atoms with Crippen LogP contribution in [-0.2, 0) is 9.59 Å². The van der Waals surface area contributed by atoms with E-state index in [1.165, 1.54) is 16.5 Å². The van der Waals surface area contributed by atoms with Crippen LogP contribution in [0, 0.1) is 20.8 Å². The van der Waals surface area contributed by atoms with Crippen LogP contribution in [0.3, 0.4) is 0 Å². The normalized spacial score (nSPS) is 10.7. The highest BCUT2D eigenvalue weighted by atomic mass is 16.2. The van der Waals surface area contributed by atoms with E-state index in [2.05, 4.69) is 5.32 Å². The minimum Gasteiger partial charge on any atom is -0.333 e. The first-order valence-electron chi connectivity index (χ1n) is 8.22. The number of hydrogen-bond acceptors (Lipinski definition) is 2. The minimum absolute atomic E-state index is 0.00481. The topological polar surface area (TPSA) is 49.4 Å². The SMILES string of the molecule is Cc1ccc(/C=C/C(=O)N(C)CC(=O)Nc2c(C)cccc2C)cc1. The van der Waals surface area contributed by atoms with Crippen molar-refractivity contribution < 1.29 is 9.59 Å². The summed E-state index contributed by atoms with van der Waals surface area (Å²) in [5.74, 6) is -0.422. The fourth-order valence-corrected chi connectivity index (χ4v) is 2.46. The molecule has 1 N–H and O–H groups in total. The molecule has 0 radical (unpaired) electrons. The van der Waals surface area contributed by atoms with Crippen LogP contribution in [0.25, 0.3) is 6.08 Å². The van der Waals surface area contributed by atoms with Crippen LogP contribution in [-0.4, -0.2) is 30.3 Å². The fourth-order valence-electron chi connectivity index (χ4n) is 2.46. The van der Waals surface area contributed by atoms with Crippen molar-refractivity contribution in [3.8, 4) is 0 Å². The Hall–Kier alpha value is -2.88. The van der Waals surface area contributed by atoms with Crippen molar-refractivity contribution in [3.05, 3.63) is 70.8 Å². The number of nitrogens with zero attached hydrogens (tertiary/aromatic N) is 1. The first-order valence-corrected chi connectivity index (χ1v) is 8.22. The maximum atomic E-state index is 12.2. The monoisotopic (exact) mass is 336 g/mol. The van der Waals surface area contributed by atoms with Crippen LogP contribution in [0.2, 0.25) is 0 Å². The van der Waals surface area contributed by atoms with E-state index in [4.69, 9.17) is 0 Å². The van der Waals surface area contributed by atoms with Crippen molar-refractivity contribution >= 4 is 23.6 Å². The molecule has 0 saturated heterocycles. The second-order valence-electron chi connectivity index (χ2n) is 6.25. The average Bonchev–Trinajstić information content (AvgIpc) is 2.57. The zero-order valence-corrected chi connectivity index (χ0v) is 15.2. The molecule has 25 heavy (non-hydrogen) atoms. The predicted octanol–water partition coefficient (Wildman–Crippen LogP) is 3.72. The summed E-state index contributed by atoms with van der Waals surface area (Å²) in [6.45, 7) is 5.91. The molecule has 0 aliphatic rings. The molecule has 2 aromatic rings. The molecule has 0 spiro atoms. The molecule has 130 valence electrons. The zero-order valence-electron chi connectivity index (χ0n) is 15.2. The summed E-state index contributed by atoms with van der Waals surface area (Å²) in [7, 11) is 1.62. The van der Waals surface area contributed by atoms with Gasteiger partial charge >= 0.3 is 0 Å². The lowest BCUT2D eigenvalue weighted by Gasteiger charge is -2.16. The zero-order chi connectivity index (χ0) is 18.4. The molecule has 2 rings (SSSR count). The summed E-state index contributed by atoms with van der Waals surface area (Å²) in [5, 5.41) is 2.89. The lowest BCUT2D eigenvalue weighted by atomic mass is 10.1. The summed E-state index contributed by atoms with van der Waals surface area (Å²) >= 11 is 0. The summed E-state index contributed by atoms with van der Waals surface area (Å²) in [6, 6.07) is 13.7. The van der Waals surface area contributed by atoms with Crippen LogP contribution in [0.4, 0.5) is 5.69 Å². The van der Waals surface area contributed by atoms with E-state index in [1.54, 1.807) is 13.1 Å². The van der Waals surface area contributed by atoms with Crippen LogP contribution >= 0.6 is 0 Å². The molecule has 0 fully saturated rings. The van der Waals surface area contributed by atoms with Gasteiger partial charge in [-0.05, 0) is 43.5 Å². The van der Waals surface area contributed by atoms with E-state index in [-0.39, 0.29) is 18.4 Å². The molecule has 0 aliphatic heterocycles. The summed E-state index contributed by atoms with van der Waals surface area (Å²) in [4.78, 5) is 25.8. The van der Waals surface area contributed by atoms with Gasteiger partial charge in [0.15, 0.2) is 0 Å². The highest BCUT2D eigenvalue weighted by Crippen LogP contribution is 2.19. The molecule has 0 aliphatic carbocycles. The summed E-state index contributed by atoms with van der Waals surface area (Å²) in [5.41, 5.74) is 4.93. The van der Waals surface area contributed by atoms with Gasteiger partial charge in [0.05, 0.1) is 6.54 Å². The fraction of sp³-hybridized carbons (Fsp3) is 0.238. The standard InChI is InChI=1S/C21H24N2O2/c1-15-8-10-18(11-9-15)12-13-20(25)23(4)14-19(24)22-21-16(2)6-5-7-17(21)3/h5-13H,14H2,1-4H3,(H,22,24)/b13-12+. The lowest BCUT2D eigenvalue weighted by Crippen LogP contribution is -2.34. The minimum atomic E-state index is -0.211. The molecule has 2 aromatic carbocycles. The Kier molecular flexibility index (Phi) is 6.12. The molecule has 0 heterocycles. The van der Waals surface area contributed by atoms with E-state index < -0.39 is 0 Å². The Labute approximate surface area is 149 Å². The van der Waals surface area contributed by atoms with Crippen LogP contribution in [0.1, 0.15) is 22.3 Å². The van der Waals surface area contributed by atoms with E-state index in [0.717, 1.165) is 22.4 Å². The number of likely N-dealkylation sites (N-methyl/N-ethyl adjacent to an activating group) is 1. The molecule has 0 unspecified atom stereocenters. The highest BCUT2D eigenvalue weighted by molar-refractivity contribution is 5.98. The number of carbonyl (C=O) groups is 2. The first kappa shape index (κ1) is 18.5. The highest BCUT2D eigenvalue weighted by Gasteiger charge is 2.12. The third-order valence-corrected chi connectivity index (χ3v) is 4.00. The summed E-state index contributed by atoms with van der Waals surface area (Å²) in [6.07, 6.45) is 3.23. The van der Waals surface area contributed by atoms with Gasteiger partial charge in [-0.25, -0.2) is 0 Å². The lowest BCUT2D eigenvalue weighted by molar-refractivity contribution is -0.129. The number of rotatable bonds is 5. The smallest absolute Gasteiger partial charge is 0.246 e. The van der Waals surface area contributed by atoms with E-state index in [9.17, 15) is 9.59 Å². The third-order valence-electron chi connectivity index (χ3n) is 4.00. The number of nitrogens with one attached hydrogen (secondary N) is 1. The molecule has 0 atom stereocenters. The number of amides is 2. The molecule has 4 nitrogen and oxygen atoms in total. The summed E-state index contributed by atoms with van der Waals surface area (Å²) < 4.78 is 0. The largest absolute Gasteiger partial charge is 0.333 e. The number of para-hydroxylation sites is 1. The second-order valence-corrected chi connectivity index (χ2v) is 6.25. The van der Waals surface area contributed by atoms with Gasteiger partial charge in [-0.2, -0.15) is 0 Å². The van der Waals surface area contributed by atoms with Gasteiger partial charge in [-0.3, -0.25) is 9.59 Å². The quantitative estimate of drug-likeness (QED) is 0.846. The van der Waals surface area contributed by atoms with Crippen LogP contribution < -0.4 is 5.32 Å². The number of anilines is 1. The molecule has 2 amide bonds. The van der Waals surface area contributed by atoms with Gasteiger partial charge in [0.2, 0.25) is 11.8 Å². The molecule has 0 aromatic heterocycles. The molecule has 0 bridgehead atoms. The third kappa shape index (κ3) is 5.31. The van der Waals surface area contributed by atoms with Crippen molar-refractivity contribution in [1.29, 1.82) is 0 Å². The molecule has 0 saturated carbocycles. The Bertz CT molecular complexity index is 772. The van der Waals surface area contributed by atoms with Gasteiger partial charge in [0, 0.05) is 18.8 Å². The average molecular weight is 336 g/mol. The Balaban J connectivity index is 1.94. The number of aryl methyl sites for hydroxylation is 3. The van der Waals surface area contributed by atoms with E-state index in [1.807, 2.05) is 63.2 Å². The van der Waals surface area contributed by atoms with Crippen LogP contribution in [0.15, 0.2) is 48.5 Å². The predicted molar refractivity (Wildman–Crippen MR) is 102 cm³/mol. The maximum absolute atomic E-state index is 12.2. The van der Waals surface area contributed by atoms with Crippen molar-refractivity contribution in [2.24, 2.45) is 0 Å². The van der Waals surface area contributed by atoms with Gasteiger partial charge in [0.25, 0.3) is 0 Å². The van der Waals surface area contributed by atoms with Gasteiger partial charge < -0.3 is 10.2 Å². The number of hydrogen-bond donors (Lipinski definition) is 1.